The molecule has 0 aliphatic rings. The van der Waals surface area contributed by atoms with E-state index in [1.54, 1.807) is 24.3 Å². The monoisotopic (exact) mass is 450 g/mol. The van der Waals surface area contributed by atoms with Gasteiger partial charge < -0.3 is 16.2 Å². The molecule has 0 aliphatic carbocycles. The number of nitrogens with two attached hydrogens (primary N) is 1. The predicted octanol–water partition coefficient (Wildman–Crippen LogP) is 4.62. The molecule has 3 aromatic carbocycles. The lowest BCUT2D eigenvalue weighted by Gasteiger charge is -2.09. The number of aromatic hydroxyl groups is 1. The summed E-state index contributed by atoms with van der Waals surface area (Å²) >= 11 is 0. The fourth-order valence-corrected chi connectivity index (χ4v) is 3.76. The van der Waals surface area contributed by atoms with Gasteiger partial charge in [0.05, 0.1) is 17.2 Å². The highest BCUT2D eigenvalue weighted by Gasteiger charge is 2.24. The summed E-state index contributed by atoms with van der Waals surface area (Å²) in [5.41, 5.74) is 11.7. The zero-order valence-corrected chi connectivity index (χ0v) is 18.6. The van der Waals surface area contributed by atoms with Crippen LogP contribution in [0.15, 0.2) is 71.8 Å². The van der Waals surface area contributed by atoms with Crippen molar-refractivity contribution in [1.82, 2.24) is 14.6 Å². The molecule has 0 saturated carbocycles. The van der Waals surface area contributed by atoms with Crippen molar-refractivity contribution in [2.75, 3.05) is 11.1 Å². The van der Waals surface area contributed by atoms with E-state index in [9.17, 15) is 9.90 Å². The number of rotatable bonds is 4. The topological polar surface area (TPSA) is 118 Å². The molecule has 2 aromatic heterocycles. The number of hydrogen-bond acceptors (Lipinski definition) is 6. The average molecular weight is 451 g/mol. The molecule has 168 valence electrons. The van der Waals surface area contributed by atoms with E-state index >= 15 is 0 Å². The third-order valence-electron chi connectivity index (χ3n) is 5.59. The normalized spacial score (nSPS) is 11.5. The molecule has 34 heavy (non-hydrogen) atoms. The molecule has 0 unspecified atom stereocenters. The van der Waals surface area contributed by atoms with Gasteiger partial charge in [-0.1, -0.05) is 36.4 Å². The zero-order chi connectivity index (χ0) is 23.8. The number of anilines is 2. The quantitative estimate of drug-likeness (QED) is 0.345. The number of aryl methyl sites for hydroxylation is 2. The Kier molecular flexibility index (Phi) is 5.18. The van der Waals surface area contributed by atoms with Crippen molar-refractivity contribution < 1.29 is 9.90 Å². The zero-order valence-electron chi connectivity index (χ0n) is 18.6. The van der Waals surface area contributed by atoms with Gasteiger partial charge in [0.1, 0.15) is 22.6 Å². The van der Waals surface area contributed by atoms with Gasteiger partial charge in [-0.3, -0.25) is 4.79 Å². The molecule has 8 nitrogen and oxygen atoms in total. The van der Waals surface area contributed by atoms with Gasteiger partial charge in [0.2, 0.25) is 0 Å². The van der Waals surface area contributed by atoms with Gasteiger partial charge >= 0.3 is 0 Å². The summed E-state index contributed by atoms with van der Waals surface area (Å²) in [6.45, 7) is 3.88. The first-order chi connectivity index (χ1) is 16.4. The van der Waals surface area contributed by atoms with Crippen LogP contribution in [-0.2, 0) is 0 Å². The van der Waals surface area contributed by atoms with Crippen LogP contribution in [0.3, 0.4) is 0 Å². The third kappa shape index (κ3) is 3.71. The van der Waals surface area contributed by atoms with Crippen molar-refractivity contribution in [3.63, 3.8) is 0 Å². The summed E-state index contributed by atoms with van der Waals surface area (Å²) in [5, 5.41) is 17.5. The Morgan fingerprint density at radius 1 is 1.03 bits per heavy atom. The number of fused-ring (bicyclic) bond motifs is 2. The van der Waals surface area contributed by atoms with E-state index in [-0.39, 0.29) is 17.1 Å². The maximum Gasteiger partial charge on any atom is 0.261 e. The highest BCUT2D eigenvalue weighted by molar-refractivity contribution is 6.16. The van der Waals surface area contributed by atoms with E-state index in [1.165, 1.54) is 10.9 Å². The summed E-state index contributed by atoms with van der Waals surface area (Å²) in [5.74, 6) is -0.234. The second-order valence-electron chi connectivity index (χ2n) is 8.03. The molecular weight excluding hydrogens is 428 g/mol. The molecule has 5 aromatic rings. The average Bonchev–Trinajstić information content (AvgIpc) is 3.09. The molecule has 4 N–H and O–H groups in total. The molecule has 0 radical (unpaired) electrons. The predicted molar refractivity (Wildman–Crippen MR) is 134 cm³/mol. The number of amides is 1. The van der Waals surface area contributed by atoms with Crippen LogP contribution >= 0.6 is 0 Å². The molecule has 2 heterocycles. The van der Waals surface area contributed by atoms with E-state index in [0.29, 0.717) is 33.4 Å². The molecule has 5 rings (SSSR count). The number of carbonyl (C=O) groups is 1. The van der Waals surface area contributed by atoms with Crippen LogP contribution in [0.25, 0.3) is 22.2 Å². The van der Waals surface area contributed by atoms with Crippen LogP contribution in [0.5, 0.6) is 5.75 Å². The maximum absolute atomic E-state index is 13.4. The highest BCUT2D eigenvalue weighted by atomic mass is 16.3. The van der Waals surface area contributed by atoms with Crippen LogP contribution in [-0.4, -0.2) is 31.9 Å². The third-order valence-corrected chi connectivity index (χ3v) is 5.59. The van der Waals surface area contributed by atoms with Crippen LogP contribution in [0, 0.1) is 13.8 Å². The molecule has 0 atom stereocenters. The first-order valence-corrected chi connectivity index (χ1v) is 10.7. The molecule has 0 aliphatic heterocycles. The number of hydrogen-bond donors (Lipinski definition) is 3. The van der Waals surface area contributed by atoms with Gasteiger partial charge in [-0.25, -0.2) is 9.97 Å². The van der Waals surface area contributed by atoms with Crippen LogP contribution in [0.2, 0.25) is 0 Å². The lowest BCUT2D eigenvalue weighted by Crippen LogP contribution is -2.15. The van der Waals surface area contributed by atoms with Crippen molar-refractivity contribution in [2.24, 2.45) is 5.10 Å². The number of nitrogens with one attached hydrogen (secondary N) is 1. The number of phenols is 1. The van der Waals surface area contributed by atoms with E-state index in [4.69, 9.17) is 5.73 Å². The van der Waals surface area contributed by atoms with Gasteiger partial charge in [0.15, 0.2) is 5.65 Å². The summed E-state index contributed by atoms with van der Waals surface area (Å²) in [7, 11) is 0. The molecule has 1 amide bonds. The Morgan fingerprint density at radius 3 is 2.50 bits per heavy atom. The highest BCUT2D eigenvalue weighted by Crippen LogP contribution is 2.29. The minimum Gasteiger partial charge on any atom is -0.507 e. The summed E-state index contributed by atoms with van der Waals surface area (Å²) in [6, 6.07) is 20.0. The van der Waals surface area contributed by atoms with Crippen molar-refractivity contribution in [3.8, 4) is 5.75 Å². The Hall–Kier alpha value is -4.72. The van der Waals surface area contributed by atoms with E-state index in [1.807, 2.05) is 56.3 Å². The Bertz CT molecular complexity index is 1600. The smallest absolute Gasteiger partial charge is 0.261 e. The van der Waals surface area contributed by atoms with Gasteiger partial charge in [0, 0.05) is 11.3 Å². The van der Waals surface area contributed by atoms with Crippen LogP contribution < -0.4 is 11.1 Å². The standard InChI is InChI=1S/C26H22N6O2/c1-15-11-12-16(2)20(13-15)31-26(34)22-23-25(30-19-9-5-4-8-18(19)29-23)32(24(22)27)28-14-17-7-3-6-10-21(17)33/h3-14,33H,27H2,1-2H3,(H,31,34)/b28-14-. The number of benzene rings is 3. The number of phenolic OH excluding ortho intramolecular Hbond substituents is 1. The fraction of sp³-hybridized carbons (Fsp3) is 0.0769. The molecule has 0 bridgehead atoms. The number of para-hydroxylation sites is 3. The minimum absolute atomic E-state index is 0.0747. The van der Waals surface area contributed by atoms with Gasteiger partial charge in [0.25, 0.3) is 5.91 Å². The minimum atomic E-state index is -0.405. The number of nitrogen functional groups attached to an aromatic ring is 1. The van der Waals surface area contributed by atoms with Gasteiger partial charge in [-0.2, -0.15) is 9.78 Å². The van der Waals surface area contributed by atoms with Crippen molar-refractivity contribution in [2.45, 2.75) is 13.8 Å². The second-order valence-corrected chi connectivity index (χ2v) is 8.03. The maximum atomic E-state index is 13.4. The van der Waals surface area contributed by atoms with E-state index in [0.717, 1.165) is 11.1 Å². The summed E-state index contributed by atoms with van der Waals surface area (Å²) in [6.07, 6.45) is 1.47. The van der Waals surface area contributed by atoms with E-state index < -0.39 is 5.91 Å². The summed E-state index contributed by atoms with van der Waals surface area (Å²) < 4.78 is 1.37. The lowest BCUT2D eigenvalue weighted by atomic mass is 10.1. The number of nitrogens with zero attached hydrogens (tertiary/aromatic N) is 4. The Balaban J connectivity index is 1.68. The van der Waals surface area contributed by atoms with Crippen molar-refractivity contribution in [1.29, 1.82) is 0 Å². The number of carbonyl (C=O) groups excluding carboxylic acids is 1. The molecular formula is C26H22N6O2. The first kappa shape index (κ1) is 21.1. The Morgan fingerprint density at radius 2 is 1.74 bits per heavy atom. The van der Waals surface area contributed by atoms with E-state index in [2.05, 4.69) is 20.4 Å². The van der Waals surface area contributed by atoms with Crippen molar-refractivity contribution in [3.05, 3.63) is 89.0 Å². The lowest BCUT2D eigenvalue weighted by molar-refractivity contribution is 0.102. The van der Waals surface area contributed by atoms with Gasteiger partial charge in [-0.05, 0) is 55.3 Å². The number of aromatic nitrogens is 3. The molecule has 0 spiro atoms. The summed E-state index contributed by atoms with van der Waals surface area (Å²) in [4.78, 5) is 22.8. The fourth-order valence-electron chi connectivity index (χ4n) is 3.76. The SMILES string of the molecule is Cc1ccc(C)c(NC(=O)c2c(N)n(/N=C\c3ccccc3O)c3nc4ccccc4nc23)c1. The van der Waals surface area contributed by atoms with Gasteiger partial charge in [-0.15, -0.1) is 0 Å². The second kappa shape index (κ2) is 8.32. The largest absolute Gasteiger partial charge is 0.507 e. The Labute approximate surface area is 195 Å². The molecule has 0 fully saturated rings. The molecule has 8 heteroatoms. The van der Waals surface area contributed by atoms with Crippen LogP contribution in [0.4, 0.5) is 11.5 Å². The molecule has 0 saturated heterocycles. The van der Waals surface area contributed by atoms with Crippen molar-refractivity contribution >= 4 is 45.8 Å². The first-order valence-electron chi connectivity index (χ1n) is 10.7. The van der Waals surface area contributed by atoms with Crippen LogP contribution in [0.1, 0.15) is 27.0 Å².